The summed E-state index contributed by atoms with van der Waals surface area (Å²) >= 11 is 0. The Hall–Kier alpha value is -1.80. The zero-order chi connectivity index (χ0) is 14.5. The summed E-state index contributed by atoms with van der Waals surface area (Å²) in [7, 11) is 0. The molecular formula is C18H24N2. The van der Waals surface area contributed by atoms with Crippen molar-refractivity contribution in [1.82, 2.24) is 0 Å². The average molecular weight is 268 g/mol. The molecule has 0 fully saturated rings. The Morgan fingerprint density at radius 1 is 1.05 bits per heavy atom. The van der Waals surface area contributed by atoms with Crippen LogP contribution in [0.15, 0.2) is 48.5 Å². The number of nitrogens with zero attached hydrogens (tertiary/aromatic N) is 1. The summed E-state index contributed by atoms with van der Waals surface area (Å²) in [6.07, 6.45) is 0. The van der Waals surface area contributed by atoms with Gasteiger partial charge < -0.3 is 10.6 Å². The Morgan fingerprint density at radius 2 is 1.75 bits per heavy atom. The number of benzene rings is 2. The number of anilines is 1. The number of aryl methyl sites for hydroxylation is 2. The topological polar surface area (TPSA) is 29.3 Å². The van der Waals surface area contributed by atoms with Crippen LogP contribution in [0.25, 0.3) is 0 Å². The molecule has 0 aliphatic rings. The SMILES string of the molecule is CCN(c1ccccc1)C(CN)c1cc(C)ccc1C. The zero-order valence-corrected chi connectivity index (χ0v) is 12.6. The summed E-state index contributed by atoms with van der Waals surface area (Å²) in [6.45, 7) is 8.04. The van der Waals surface area contributed by atoms with Gasteiger partial charge in [-0.3, -0.25) is 0 Å². The second kappa shape index (κ2) is 6.58. The van der Waals surface area contributed by atoms with Crippen molar-refractivity contribution >= 4 is 5.69 Å². The summed E-state index contributed by atoms with van der Waals surface area (Å²) in [6, 6.07) is 17.3. The minimum atomic E-state index is 0.224. The smallest absolute Gasteiger partial charge is 0.0667 e. The normalized spacial score (nSPS) is 12.2. The molecule has 0 heterocycles. The maximum absolute atomic E-state index is 6.10. The first-order valence-corrected chi connectivity index (χ1v) is 7.26. The monoisotopic (exact) mass is 268 g/mol. The van der Waals surface area contributed by atoms with E-state index in [9.17, 15) is 0 Å². The van der Waals surface area contributed by atoms with E-state index in [2.05, 4.69) is 68.1 Å². The van der Waals surface area contributed by atoms with E-state index in [1.54, 1.807) is 0 Å². The van der Waals surface area contributed by atoms with Gasteiger partial charge in [0.2, 0.25) is 0 Å². The van der Waals surface area contributed by atoms with E-state index in [1.807, 2.05) is 6.07 Å². The largest absolute Gasteiger partial charge is 0.363 e. The van der Waals surface area contributed by atoms with Crippen LogP contribution in [0.3, 0.4) is 0 Å². The molecule has 2 heteroatoms. The highest BCUT2D eigenvalue weighted by Gasteiger charge is 2.19. The van der Waals surface area contributed by atoms with E-state index in [4.69, 9.17) is 5.73 Å². The fourth-order valence-corrected chi connectivity index (χ4v) is 2.74. The molecule has 0 aliphatic carbocycles. The Labute approximate surface area is 122 Å². The molecule has 0 radical (unpaired) electrons. The van der Waals surface area contributed by atoms with Crippen LogP contribution < -0.4 is 10.6 Å². The van der Waals surface area contributed by atoms with Gasteiger partial charge in [0.1, 0.15) is 0 Å². The summed E-state index contributed by atoms with van der Waals surface area (Å²) in [5, 5.41) is 0. The molecule has 1 atom stereocenters. The van der Waals surface area contributed by atoms with Gasteiger partial charge >= 0.3 is 0 Å². The van der Waals surface area contributed by atoms with E-state index >= 15 is 0 Å². The second-order valence-corrected chi connectivity index (χ2v) is 5.23. The molecule has 20 heavy (non-hydrogen) atoms. The van der Waals surface area contributed by atoms with Crippen LogP contribution in [0.4, 0.5) is 5.69 Å². The highest BCUT2D eigenvalue weighted by Crippen LogP contribution is 2.28. The molecule has 106 valence electrons. The maximum atomic E-state index is 6.10. The van der Waals surface area contributed by atoms with Gasteiger partial charge in [0.25, 0.3) is 0 Å². The maximum Gasteiger partial charge on any atom is 0.0667 e. The molecule has 0 saturated carbocycles. The molecule has 0 spiro atoms. The molecule has 2 nitrogen and oxygen atoms in total. The summed E-state index contributed by atoms with van der Waals surface area (Å²) in [5.41, 5.74) is 11.2. The van der Waals surface area contributed by atoms with Gasteiger partial charge in [-0.05, 0) is 44.0 Å². The number of likely N-dealkylation sites (N-methyl/N-ethyl adjacent to an activating group) is 1. The van der Waals surface area contributed by atoms with Crippen molar-refractivity contribution in [3.05, 3.63) is 65.2 Å². The number of para-hydroxylation sites is 1. The van der Waals surface area contributed by atoms with Gasteiger partial charge in [-0.15, -0.1) is 0 Å². The third-order valence-electron chi connectivity index (χ3n) is 3.82. The molecular weight excluding hydrogens is 244 g/mol. The van der Waals surface area contributed by atoms with Gasteiger partial charge in [0, 0.05) is 18.8 Å². The van der Waals surface area contributed by atoms with Crippen molar-refractivity contribution in [3.63, 3.8) is 0 Å². The summed E-state index contributed by atoms with van der Waals surface area (Å²) in [5.74, 6) is 0. The molecule has 0 aromatic heterocycles. The number of hydrogen-bond donors (Lipinski definition) is 1. The Kier molecular flexibility index (Phi) is 4.80. The van der Waals surface area contributed by atoms with Crippen LogP contribution in [-0.2, 0) is 0 Å². The lowest BCUT2D eigenvalue weighted by atomic mass is 9.97. The summed E-state index contributed by atoms with van der Waals surface area (Å²) in [4.78, 5) is 2.38. The van der Waals surface area contributed by atoms with Crippen molar-refractivity contribution in [1.29, 1.82) is 0 Å². The van der Waals surface area contributed by atoms with Gasteiger partial charge in [-0.2, -0.15) is 0 Å². The van der Waals surface area contributed by atoms with Gasteiger partial charge in [-0.25, -0.2) is 0 Å². The van der Waals surface area contributed by atoms with E-state index < -0.39 is 0 Å². The fourth-order valence-electron chi connectivity index (χ4n) is 2.74. The second-order valence-electron chi connectivity index (χ2n) is 5.23. The number of hydrogen-bond acceptors (Lipinski definition) is 2. The first kappa shape index (κ1) is 14.6. The van der Waals surface area contributed by atoms with Crippen molar-refractivity contribution in [3.8, 4) is 0 Å². The molecule has 0 bridgehead atoms. The predicted molar refractivity (Wildman–Crippen MR) is 87.2 cm³/mol. The highest BCUT2D eigenvalue weighted by atomic mass is 15.2. The lowest BCUT2D eigenvalue weighted by molar-refractivity contribution is 0.639. The molecule has 0 amide bonds. The fraction of sp³-hybridized carbons (Fsp3) is 0.333. The average Bonchev–Trinajstić information content (AvgIpc) is 2.48. The van der Waals surface area contributed by atoms with Crippen LogP contribution in [0.5, 0.6) is 0 Å². The standard InChI is InChI=1S/C18H24N2/c1-4-20(16-8-6-5-7-9-16)18(13-19)17-12-14(2)10-11-15(17)3/h5-12,18H,4,13,19H2,1-3H3. The van der Waals surface area contributed by atoms with Crippen molar-refractivity contribution in [2.45, 2.75) is 26.8 Å². The molecule has 2 N–H and O–H groups in total. The van der Waals surface area contributed by atoms with E-state index in [0.717, 1.165) is 6.54 Å². The predicted octanol–water partition coefficient (Wildman–Crippen LogP) is 3.83. The van der Waals surface area contributed by atoms with Crippen LogP contribution in [0.1, 0.15) is 29.7 Å². The van der Waals surface area contributed by atoms with Crippen molar-refractivity contribution in [2.75, 3.05) is 18.0 Å². The lowest BCUT2D eigenvalue weighted by Crippen LogP contribution is -2.34. The lowest BCUT2D eigenvalue weighted by Gasteiger charge is -2.33. The first-order chi connectivity index (χ1) is 9.67. The van der Waals surface area contributed by atoms with Gasteiger partial charge in [-0.1, -0.05) is 42.0 Å². The van der Waals surface area contributed by atoms with Crippen LogP contribution in [-0.4, -0.2) is 13.1 Å². The zero-order valence-electron chi connectivity index (χ0n) is 12.6. The van der Waals surface area contributed by atoms with Crippen LogP contribution in [0, 0.1) is 13.8 Å². The third kappa shape index (κ3) is 3.02. The number of nitrogens with two attached hydrogens (primary N) is 1. The van der Waals surface area contributed by atoms with E-state index in [1.165, 1.54) is 22.4 Å². The van der Waals surface area contributed by atoms with Gasteiger partial charge in [0.05, 0.1) is 6.04 Å². The van der Waals surface area contributed by atoms with E-state index in [-0.39, 0.29) is 6.04 Å². The first-order valence-electron chi connectivity index (χ1n) is 7.26. The van der Waals surface area contributed by atoms with Crippen molar-refractivity contribution < 1.29 is 0 Å². The molecule has 0 saturated heterocycles. The Bertz CT molecular complexity index is 549. The van der Waals surface area contributed by atoms with Crippen molar-refractivity contribution in [2.24, 2.45) is 5.73 Å². The van der Waals surface area contributed by atoms with Crippen LogP contribution in [0.2, 0.25) is 0 Å². The highest BCUT2D eigenvalue weighted by molar-refractivity contribution is 5.50. The molecule has 2 aromatic rings. The molecule has 2 aromatic carbocycles. The Balaban J connectivity index is 2.42. The molecule has 1 unspecified atom stereocenters. The minimum absolute atomic E-state index is 0.224. The Morgan fingerprint density at radius 3 is 2.35 bits per heavy atom. The molecule has 0 aliphatic heterocycles. The summed E-state index contributed by atoms with van der Waals surface area (Å²) < 4.78 is 0. The van der Waals surface area contributed by atoms with Crippen LogP contribution >= 0.6 is 0 Å². The van der Waals surface area contributed by atoms with Gasteiger partial charge in [0.15, 0.2) is 0 Å². The van der Waals surface area contributed by atoms with E-state index in [0.29, 0.717) is 6.54 Å². The molecule has 2 rings (SSSR count). The quantitative estimate of drug-likeness (QED) is 0.893. The number of rotatable bonds is 5. The third-order valence-corrected chi connectivity index (χ3v) is 3.82. The minimum Gasteiger partial charge on any atom is -0.363 e.